The van der Waals surface area contributed by atoms with E-state index in [-0.39, 0.29) is 5.72 Å². The molecule has 1 saturated carbocycles. The maximum absolute atomic E-state index is 6.15. The summed E-state index contributed by atoms with van der Waals surface area (Å²) < 4.78 is 6.15. The molecule has 1 spiro atoms. The van der Waals surface area contributed by atoms with E-state index in [2.05, 4.69) is 12.2 Å². The fraction of sp³-hybridized carbons (Fsp3) is 1.00. The van der Waals surface area contributed by atoms with E-state index in [1.807, 2.05) is 0 Å². The van der Waals surface area contributed by atoms with Gasteiger partial charge >= 0.3 is 0 Å². The van der Waals surface area contributed by atoms with Gasteiger partial charge in [-0.1, -0.05) is 13.3 Å². The molecule has 2 rings (SSSR count). The van der Waals surface area contributed by atoms with Crippen molar-refractivity contribution < 1.29 is 4.74 Å². The molecule has 1 saturated heterocycles. The monoisotopic (exact) mass is 183 g/mol. The van der Waals surface area contributed by atoms with E-state index in [4.69, 9.17) is 4.74 Å². The molecule has 0 radical (unpaired) electrons. The zero-order valence-corrected chi connectivity index (χ0v) is 8.64. The second-order valence-corrected chi connectivity index (χ2v) is 4.42. The van der Waals surface area contributed by atoms with Gasteiger partial charge in [0.25, 0.3) is 0 Å². The number of hydrogen-bond donors (Lipinski definition) is 1. The van der Waals surface area contributed by atoms with Crippen molar-refractivity contribution in [1.29, 1.82) is 0 Å². The Labute approximate surface area is 81.0 Å². The Kier molecular flexibility index (Phi) is 2.89. The summed E-state index contributed by atoms with van der Waals surface area (Å²) in [7, 11) is 0. The summed E-state index contributed by atoms with van der Waals surface area (Å²) in [6.45, 7) is 3.38. The third kappa shape index (κ3) is 2.05. The molecule has 0 amide bonds. The Morgan fingerprint density at radius 2 is 2.08 bits per heavy atom. The summed E-state index contributed by atoms with van der Waals surface area (Å²) in [4.78, 5) is 0. The third-order valence-corrected chi connectivity index (χ3v) is 3.42. The minimum atomic E-state index is 0.0805. The highest BCUT2D eigenvalue weighted by molar-refractivity contribution is 4.86. The summed E-state index contributed by atoms with van der Waals surface area (Å²) in [5, 5.41) is 3.58. The van der Waals surface area contributed by atoms with Gasteiger partial charge in [-0.05, 0) is 38.5 Å². The van der Waals surface area contributed by atoms with Crippen molar-refractivity contribution >= 4 is 0 Å². The van der Waals surface area contributed by atoms with E-state index in [9.17, 15) is 0 Å². The van der Waals surface area contributed by atoms with Gasteiger partial charge in [0.05, 0.1) is 6.10 Å². The zero-order valence-electron chi connectivity index (χ0n) is 8.64. The molecule has 2 nitrogen and oxygen atoms in total. The Bertz CT molecular complexity index is 158. The van der Waals surface area contributed by atoms with Gasteiger partial charge in [-0.15, -0.1) is 0 Å². The zero-order chi connectivity index (χ0) is 9.15. The van der Waals surface area contributed by atoms with Gasteiger partial charge < -0.3 is 4.74 Å². The topological polar surface area (TPSA) is 21.3 Å². The van der Waals surface area contributed by atoms with E-state index in [1.54, 1.807) is 0 Å². The molecular formula is C11H21NO. The van der Waals surface area contributed by atoms with Crippen LogP contribution >= 0.6 is 0 Å². The first kappa shape index (κ1) is 9.47. The van der Waals surface area contributed by atoms with Gasteiger partial charge in [0, 0.05) is 6.54 Å². The molecule has 1 N–H and O–H groups in total. The second kappa shape index (κ2) is 3.97. The SMILES string of the molecule is CCC1CCNC2(CCCCC2)O1. The van der Waals surface area contributed by atoms with E-state index < -0.39 is 0 Å². The van der Waals surface area contributed by atoms with Crippen LogP contribution in [0.4, 0.5) is 0 Å². The Morgan fingerprint density at radius 3 is 2.77 bits per heavy atom. The summed E-state index contributed by atoms with van der Waals surface area (Å²) >= 11 is 0. The van der Waals surface area contributed by atoms with Crippen LogP contribution in [0, 0.1) is 0 Å². The number of ether oxygens (including phenoxy) is 1. The van der Waals surface area contributed by atoms with Crippen molar-refractivity contribution in [2.24, 2.45) is 0 Å². The molecule has 1 heterocycles. The summed E-state index contributed by atoms with van der Waals surface area (Å²) in [5.41, 5.74) is 0.0805. The highest BCUT2D eigenvalue weighted by atomic mass is 16.5. The lowest BCUT2D eigenvalue weighted by Gasteiger charge is -2.44. The molecule has 1 unspecified atom stereocenters. The van der Waals surface area contributed by atoms with E-state index >= 15 is 0 Å². The van der Waals surface area contributed by atoms with Crippen molar-refractivity contribution in [3.8, 4) is 0 Å². The van der Waals surface area contributed by atoms with Crippen molar-refractivity contribution in [2.75, 3.05) is 6.54 Å². The van der Waals surface area contributed by atoms with Crippen LogP contribution in [0.2, 0.25) is 0 Å². The minimum absolute atomic E-state index is 0.0805. The highest BCUT2D eigenvalue weighted by Gasteiger charge is 2.37. The van der Waals surface area contributed by atoms with E-state index in [0.29, 0.717) is 6.10 Å². The second-order valence-electron chi connectivity index (χ2n) is 4.42. The number of nitrogens with one attached hydrogen (secondary N) is 1. The largest absolute Gasteiger partial charge is 0.357 e. The molecule has 13 heavy (non-hydrogen) atoms. The summed E-state index contributed by atoms with van der Waals surface area (Å²) in [6.07, 6.45) is 9.39. The molecule has 1 atom stereocenters. The van der Waals surface area contributed by atoms with Crippen LogP contribution in [-0.4, -0.2) is 18.4 Å². The van der Waals surface area contributed by atoms with Crippen LogP contribution in [0.3, 0.4) is 0 Å². The van der Waals surface area contributed by atoms with E-state index in [0.717, 1.165) is 6.54 Å². The lowest BCUT2D eigenvalue weighted by Crippen LogP contribution is -2.55. The maximum Gasteiger partial charge on any atom is 0.119 e. The van der Waals surface area contributed by atoms with Gasteiger partial charge in [-0.2, -0.15) is 0 Å². The Hall–Kier alpha value is -0.0800. The first-order valence-corrected chi connectivity index (χ1v) is 5.77. The smallest absolute Gasteiger partial charge is 0.119 e. The molecule has 0 aromatic rings. The third-order valence-electron chi connectivity index (χ3n) is 3.42. The minimum Gasteiger partial charge on any atom is -0.357 e. The van der Waals surface area contributed by atoms with Gasteiger partial charge in [0.1, 0.15) is 5.72 Å². The molecule has 0 aromatic carbocycles. The fourth-order valence-electron chi connectivity index (χ4n) is 2.59. The first-order chi connectivity index (χ1) is 6.35. The quantitative estimate of drug-likeness (QED) is 0.674. The lowest BCUT2D eigenvalue weighted by atomic mass is 9.90. The molecule has 1 aliphatic heterocycles. The number of hydrogen-bond acceptors (Lipinski definition) is 2. The molecule has 2 heteroatoms. The van der Waals surface area contributed by atoms with Gasteiger partial charge in [-0.3, -0.25) is 5.32 Å². The van der Waals surface area contributed by atoms with Crippen molar-refractivity contribution in [1.82, 2.24) is 5.32 Å². The molecule has 1 aliphatic carbocycles. The van der Waals surface area contributed by atoms with Crippen molar-refractivity contribution in [3.63, 3.8) is 0 Å². The van der Waals surface area contributed by atoms with Crippen LogP contribution in [0.25, 0.3) is 0 Å². The van der Waals surface area contributed by atoms with Gasteiger partial charge in [0.2, 0.25) is 0 Å². The standard InChI is InChI=1S/C11H21NO/c1-2-10-6-9-12-11(13-10)7-4-3-5-8-11/h10,12H,2-9H2,1H3. The fourth-order valence-corrected chi connectivity index (χ4v) is 2.59. The molecule has 2 aliphatic rings. The average molecular weight is 183 g/mol. The number of rotatable bonds is 1. The molecule has 76 valence electrons. The van der Waals surface area contributed by atoms with E-state index in [1.165, 1.54) is 44.9 Å². The predicted molar refractivity (Wildman–Crippen MR) is 53.6 cm³/mol. The molecule has 2 fully saturated rings. The van der Waals surface area contributed by atoms with Gasteiger partial charge in [-0.25, -0.2) is 0 Å². The Morgan fingerprint density at radius 1 is 1.31 bits per heavy atom. The molecular weight excluding hydrogens is 162 g/mol. The lowest BCUT2D eigenvalue weighted by molar-refractivity contribution is -0.159. The van der Waals surface area contributed by atoms with Crippen LogP contribution in [0.1, 0.15) is 51.9 Å². The molecule has 0 aromatic heterocycles. The highest BCUT2D eigenvalue weighted by Crippen LogP contribution is 2.33. The Balaban J connectivity index is 1.95. The first-order valence-electron chi connectivity index (χ1n) is 5.77. The van der Waals surface area contributed by atoms with Crippen molar-refractivity contribution in [3.05, 3.63) is 0 Å². The van der Waals surface area contributed by atoms with Crippen LogP contribution in [0.5, 0.6) is 0 Å². The van der Waals surface area contributed by atoms with Crippen LogP contribution < -0.4 is 5.32 Å². The molecule has 0 bridgehead atoms. The maximum atomic E-state index is 6.15. The predicted octanol–water partition coefficient (Wildman–Crippen LogP) is 2.44. The average Bonchev–Trinajstić information content (AvgIpc) is 2.19. The summed E-state index contributed by atoms with van der Waals surface area (Å²) in [5.74, 6) is 0. The van der Waals surface area contributed by atoms with Crippen molar-refractivity contribution in [2.45, 2.75) is 63.7 Å². The summed E-state index contributed by atoms with van der Waals surface area (Å²) in [6, 6.07) is 0. The van der Waals surface area contributed by atoms with Gasteiger partial charge in [0.15, 0.2) is 0 Å². The normalized spacial score (nSPS) is 33.5. The van der Waals surface area contributed by atoms with Crippen LogP contribution in [0.15, 0.2) is 0 Å². The van der Waals surface area contributed by atoms with Crippen LogP contribution in [-0.2, 0) is 4.74 Å².